The molecule has 1 aromatic heterocycles. The minimum atomic E-state index is -2.92. The number of hydrogen-bond acceptors (Lipinski definition) is 4. The van der Waals surface area contributed by atoms with Gasteiger partial charge in [0, 0.05) is 0 Å². The van der Waals surface area contributed by atoms with Crippen molar-refractivity contribution >= 4 is 21.6 Å². The zero-order valence-corrected chi connectivity index (χ0v) is 13.0. The van der Waals surface area contributed by atoms with E-state index in [9.17, 15) is 13.6 Å². The predicted molar refractivity (Wildman–Crippen MR) is 84.8 cm³/mol. The minimum Gasteiger partial charge on any atom is -0.493 e. The molecule has 4 nitrogen and oxygen atoms in total. The third kappa shape index (κ3) is 3.19. The van der Waals surface area contributed by atoms with Crippen LogP contribution in [0.15, 0.2) is 47.3 Å². The van der Waals surface area contributed by atoms with Gasteiger partial charge in [0.1, 0.15) is 0 Å². The average Bonchev–Trinajstić information content (AvgIpc) is 2.85. The number of rotatable bonds is 5. The van der Waals surface area contributed by atoms with Crippen molar-refractivity contribution in [2.45, 2.75) is 13.2 Å². The highest BCUT2D eigenvalue weighted by atomic mass is 32.1. The number of ether oxygens (including phenoxy) is 2. The second kappa shape index (κ2) is 6.37. The maximum atomic E-state index is 12.3. The smallest absolute Gasteiger partial charge is 0.387 e. The van der Waals surface area contributed by atoms with E-state index in [0.717, 1.165) is 10.3 Å². The molecule has 23 heavy (non-hydrogen) atoms. The van der Waals surface area contributed by atoms with Crippen LogP contribution >= 0.6 is 11.5 Å². The summed E-state index contributed by atoms with van der Waals surface area (Å²) in [5.74, 6) is 0.173. The van der Waals surface area contributed by atoms with Crippen LogP contribution < -0.4 is 15.0 Å². The zero-order valence-electron chi connectivity index (χ0n) is 12.2. The molecule has 0 saturated carbocycles. The molecular formula is C16H13F2NO3S. The summed E-state index contributed by atoms with van der Waals surface area (Å²) < 4.78 is 36.7. The molecule has 1 heterocycles. The van der Waals surface area contributed by atoms with Gasteiger partial charge in [0.2, 0.25) is 0 Å². The van der Waals surface area contributed by atoms with Crippen LogP contribution in [0.5, 0.6) is 11.5 Å². The molecule has 0 aliphatic heterocycles. The Hall–Kier alpha value is -2.41. The summed E-state index contributed by atoms with van der Waals surface area (Å²) in [6.45, 7) is -2.58. The van der Waals surface area contributed by atoms with Crippen molar-refractivity contribution in [3.05, 3.63) is 58.4 Å². The van der Waals surface area contributed by atoms with E-state index in [1.54, 1.807) is 22.2 Å². The second-order valence-electron chi connectivity index (χ2n) is 4.79. The number of halogens is 2. The van der Waals surface area contributed by atoms with Crippen LogP contribution in [0, 0.1) is 0 Å². The van der Waals surface area contributed by atoms with E-state index in [4.69, 9.17) is 4.74 Å². The minimum absolute atomic E-state index is 0.0325. The predicted octanol–water partition coefficient (Wildman–Crippen LogP) is 3.72. The Morgan fingerprint density at radius 1 is 1.17 bits per heavy atom. The molecular weight excluding hydrogens is 324 g/mol. The largest absolute Gasteiger partial charge is 0.493 e. The van der Waals surface area contributed by atoms with Crippen LogP contribution in [0.1, 0.15) is 5.56 Å². The number of aromatic nitrogens is 1. The van der Waals surface area contributed by atoms with E-state index in [1.807, 2.05) is 18.2 Å². The van der Waals surface area contributed by atoms with Crippen molar-refractivity contribution in [2.75, 3.05) is 7.11 Å². The summed E-state index contributed by atoms with van der Waals surface area (Å²) in [4.78, 5) is 12.3. The average molecular weight is 337 g/mol. The molecule has 0 fully saturated rings. The lowest BCUT2D eigenvalue weighted by Crippen LogP contribution is -2.13. The third-order valence-electron chi connectivity index (χ3n) is 3.32. The number of alkyl halides is 2. The molecule has 0 aliphatic carbocycles. The topological polar surface area (TPSA) is 40.5 Å². The molecule has 0 spiro atoms. The molecule has 0 saturated heterocycles. The molecule has 2 aromatic carbocycles. The summed E-state index contributed by atoms with van der Waals surface area (Å²) in [6.07, 6.45) is 0. The summed E-state index contributed by atoms with van der Waals surface area (Å²) in [5, 5.41) is 0.669. The van der Waals surface area contributed by atoms with E-state index >= 15 is 0 Å². The first kappa shape index (κ1) is 15.5. The number of nitrogens with zero attached hydrogens (tertiary/aromatic N) is 1. The van der Waals surface area contributed by atoms with Crippen molar-refractivity contribution < 1.29 is 18.3 Å². The summed E-state index contributed by atoms with van der Waals surface area (Å²) in [5.41, 5.74) is 0.689. The fourth-order valence-electron chi connectivity index (χ4n) is 2.29. The van der Waals surface area contributed by atoms with Gasteiger partial charge in [0.15, 0.2) is 11.5 Å². The fourth-order valence-corrected chi connectivity index (χ4v) is 3.32. The van der Waals surface area contributed by atoms with Gasteiger partial charge < -0.3 is 9.47 Å². The lowest BCUT2D eigenvalue weighted by molar-refractivity contribution is -0.0512. The summed E-state index contributed by atoms with van der Waals surface area (Å²) in [6, 6.07) is 12.0. The summed E-state index contributed by atoms with van der Waals surface area (Å²) in [7, 11) is 1.38. The van der Waals surface area contributed by atoms with Gasteiger partial charge >= 0.3 is 6.61 Å². The zero-order chi connectivity index (χ0) is 16.4. The molecule has 120 valence electrons. The van der Waals surface area contributed by atoms with E-state index < -0.39 is 6.61 Å². The molecule has 0 radical (unpaired) electrons. The van der Waals surface area contributed by atoms with Gasteiger partial charge in [-0.25, -0.2) is 0 Å². The monoisotopic (exact) mass is 337 g/mol. The molecule has 0 amide bonds. The van der Waals surface area contributed by atoms with E-state index in [2.05, 4.69) is 4.74 Å². The van der Waals surface area contributed by atoms with Gasteiger partial charge in [-0.2, -0.15) is 8.78 Å². The van der Waals surface area contributed by atoms with E-state index in [0.29, 0.717) is 11.9 Å². The normalized spacial score (nSPS) is 11.1. The van der Waals surface area contributed by atoms with Crippen LogP contribution in [0.4, 0.5) is 8.78 Å². The highest BCUT2D eigenvalue weighted by molar-refractivity contribution is 7.13. The number of methoxy groups -OCH3 is 1. The Bertz CT molecular complexity index is 888. The Morgan fingerprint density at radius 3 is 2.65 bits per heavy atom. The molecule has 3 aromatic rings. The molecule has 7 heteroatoms. The van der Waals surface area contributed by atoms with Crippen molar-refractivity contribution in [1.82, 2.24) is 3.96 Å². The van der Waals surface area contributed by atoms with Gasteiger partial charge in [-0.05, 0) is 29.8 Å². The number of hydrogen-bond donors (Lipinski definition) is 0. The Kier molecular flexibility index (Phi) is 4.29. The van der Waals surface area contributed by atoms with Gasteiger partial charge in [-0.1, -0.05) is 29.7 Å². The van der Waals surface area contributed by atoms with Crippen molar-refractivity contribution in [2.24, 2.45) is 0 Å². The molecule has 0 atom stereocenters. The Balaban J connectivity index is 1.92. The maximum Gasteiger partial charge on any atom is 0.387 e. The van der Waals surface area contributed by atoms with Gasteiger partial charge in [-0.3, -0.25) is 8.75 Å². The van der Waals surface area contributed by atoms with Crippen LogP contribution in [-0.4, -0.2) is 17.7 Å². The van der Waals surface area contributed by atoms with Crippen molar-refractivity contribution in [3.8, 4) is 11.5 Å². The first-order chi connectivity index (χ1) is 11.1. The molecule has 3 rings (SSSR count). The third-order valence-corrected chi connectivity index (χ3v) is 4.39. The van der Waals surface area contributed by atoms with Gasteiger partial charge in [-0.15, -0.1) is 0 Å². The SMILES string of the molecule is COc1cc(Cn2sc3ccccc3c2=O)ccc1OC(F)F. The highest BCUT2D eigenvalue weighted by Gasteiger charge is 2.12. The first-order valence-corrected chi connectivity index (χ1v) is 7.56. The standard InChI is InChI=1S/C16H13F2NO3S/c1-21-13-8-10(6-7-12(13)22-16(17)18)9-19-15(20)11-4-2-3-5-14(11)23-19/h2-8,16H,9H2,1H3. The highest BCUT2D eigenvalue weighted by Crippen LogP contribution is 2.30. The molecule has 0 aliphatic rings. The van der Waals surface area contributed by atoms with Crippen molar-refractivity contribution in [1.29, 1.82) is 0 Å². The van der Waals surface area contributed by atoms with Crippen LogP contribution in [0.2, 0.25) is 0 Å². The lowest BCUT2D eigenvalue weighted by atomic mass is 10.2. The second-order valence-corrected chi connectivity index (χ2v) is 5.86. The molecule has 0 bridgehead atoms. The molecule has 0 unspecified atom stereocenters. The van der Waals surface area contributed by atoms with Crippen molar-refractivity contribution in [3.63, 3.8) is 0 Å². The van der Waals surface area contributed by atoms with Crippen LogP contribution in [-0.2, 0) is 6.54 Å². The van der Waals surface area contributed by atoms with Crippen LogP contribution in [0.25, 0.3) is 10.1 Å². The lowest BCUT2D eigenvalue weighted by Gasteiger charge is -2.11. The van der Waals surface area contributed by atoms with Gasteiger partial charge in [0.25, 0.3) is 5.56 Å². The Labute approximate surface area is 134 Å². The first-order valence-electron chi connectivity index (χ1n) is 6.79. The fraction of sp³-hybridized carbons (Fsp3) is 0.188. The van der Waals surface area contributed by atoms with E-state index in [-0.39, 0.29) is 17.1 Å². The summed E-state index contributed by atoms with van der Waals surface area (Å²) >= 11 is 1.36. The van der Waals surface area contributed by atoms with E-state index in [1.165, 1.54) is 24.7 Å². The number of benzene rings is 2. The number of fused-ring (bicyclic) bond motifs is 1. The quantitative estimate of drug-likeness (QED) is 0.712. The Morgan fingerprint density at radius 2 is 1.96 bits per heavy atom. The van der Waals surface area contributed by atoms with Gasteiger partial charge in [0.05, 0.1) is 23.7 Å². The molecule has 0 N–H and O–H groups in total. The maximum absolute atomic E-state index is 12.3. The van der Waals surface area contributed by atoms with Crippen LogP contribution in [0.3, 0.4) is 0 Å².